The van der Waals surface area contributed by atoms with Gasteiger partial charge >= 0.3 is 0 Å². The molecule has 2 aliphatic heterocycles. The summed E-state index contributed by atoms with van der Waals surface area (Å²) in [5.41, 5.74) is 6.66. The zero-order valence-corrected chi connectivity index (χ0v) is 49.2. The van der Waals surface area contributed by atoms with E-state index in [4.69, 9.17) is 48.9 Å². The molecule has 0 aliphatic carbocycles. The summed E-state index contributed by atoms with van der Waals surface area (Å²) in [6.07, 6.45) is -0.657. The Morgan fingerprint density at radius 3 is 0.713 bits per heavy atom. The van der Waals surface area contributed by atoms with E-state index in [1.807, 2.05) is 104 Å². The molecular formula is C64H62N8O4S4. The van der Waals surface area contributed by atoms with Crippen LogP contribution in [-0.4, -0.2) is 64.3 Å². The molecule has 0 unspecified atom stereocenters. The van der Waals surface area contributed by atoms with Crippen LogP contribution in [0.5, 0.6) is 23.0 Å². The van der Waals surface area contributed by atoms with Gasteiger partial charge in [-0.25, -0.2) is 29.9 Å². The molecule has 0 saturated carbocycles. The van der Waals surface area contributed by atoms with Gasteiger partial charge in [0, 0.05) is 23.0 Å². The van der Waals surface area contributed by atoms with Gasteiger partial charge in [-0.05, 0) is 102 Å². The number of rotatable bonds is 20. The maximum atomic E-state index is 6.69. The molecule has 11 rings (SSSR count). The number of nitrogens with zero attached hydrogens (tertiary/aromatic N) is 6. The van der Waals surface area contributed by atoms with Gasteiger partial charge in [0.1, 0.15) is 45.6 Å². The van der Waals surface area contributed by atoms with Gasteiger partial charge in [-0.3, -0.25) is 0 Å². The second-order valence-corrected chi connectivity index (χ2v) is 24.3. The molecule has 0 amide bonds. The Morgan fingerprint density at radius 1 is 0.300 bits per heavy atom. The number of aromatic amines is 2. The lowest BCUT2D eigenvalue weighted by atomic mass is 10.1. The molecule has 5 heterocycles. The average molecular weight is 1140 g/mol. The molecule has 2 aliphatic rings. The molecule has 9 aromatic rings. The zero-order chi connectivity index (χ0) is 55.3. The predicted molar refractivity (Wildman–Crippen MR) is 335 cm³/mol. The standard InChI is InChI=1S/C64H62N8O4S4/c1-37(2)73-45-29-30-46(74-38(3)4)50-49(45)57-65-58(50)68-62-55(79-35-43-25-17-11-18-26-43)56(80-36-44-27-19-12-20-28-44)64(72-62)70-60-52-48(76-40(7)8)32-31-47(75-39(5)6)51(52)59(66-60)69-63-54(78-34-42-23-15-10-16-24-42)53(61(67-57)71-63)77-33-41-21-13-9-14-22-41/h9-32,37-40H,33-36H2,1-8H3,(H2,65,66,67,68,69,70,71,72). The largest absolute Gasteiger partial charge is 0.490 e. The summed E-state index contributed by atoms with van der Waals surface area (Å²) in [5, 5.41) is 2.83. The fraction of sp³-hybridized carbons (Fsp3) is 0.250. The smallest absolute Gasteiger partial charge is 0.171 e. The highest BCUT2D eigenvalue weighted by Crippen LogP contribution is 2.49. The molecule has 0 spiro atoms. The molecule has 3 aromatic heterocycles. The van der Waals surface area contributed by atoms with Gasteiger partial charge in [0.2, 0.25) is 0 Å². The molecule has 16 heteroatoms. The van der Waals surface area contributed by atoms with E-state index < -0.39 is 0 Å². The average Bonchev–Trinajstić information content (AvgIpc) is 4.27. The SMILES string of the molecule is CC(C)Oc1ccc(OC(C)C)c2c3nc4nc(nc5[nH]c(nc6nc(nc([nH]3)c12)C(SCc1ccccc1)=C6SCc1ccccc1)c1c(OC(C)C)ccc(OC(C)C)c51)C(SCc1ccccc1)=C4SCc1ccccc1. The first-order chi connectivity index (χ1) is 38.9. The first kappa shape index (κ1) is 54.7. The van der Waals surface area contributed by atoms with Crippen molar-refractivity contribution < 1.29 is 18.9 Å². The molecule has 0 fully saturated rings. The minimum absolute atomic E-state index is 0.164. The Morgan fingerprint density at radius 2 is 0.512 bits per heavy atom. The van der Waals surface area contributed by atoms with E-state index in [0.717, 1.165) is 41.9 Å². The summed E-state index contributed by atoms with van der Waals surface area (Å²) < 4.78 is 26.8. The van der Waals surface area contributed by atoms with E-state index in [1.165, 1.54) is 0 Å². The Kier molecular flexibility index (Phi) is 16.8. The summed E-state index contributed by atoms with van der Waals surface area (Å²) in [5.74, 6) is 7.08. The van der Waals surface area contributed by atoms with Crippen LogP contribution in [0.25, 0.3) is 63.8 Å². The van der Waals surface area contributed by atoms with Crippen molar-refractivity contribution in [3.63, 3.8) is 0 Å². The Hall–Kier alpha value is -7.24. The molecule has 8 bridgehead atoms. The molecule has 80 heavy (non-hydrogen) atoms. The fourth-order valence-corrected chi connectivity index (χ4v) is 13.8. The van der Waals surface area contributed by atoms with Gasteiger partial charge in [-0.15, -0.1) is 47.0 Å². The van der Waals surface area contributed by atoms with Crippen molar-refractivity contribution in [3.8, 4) is 23.0 Å². The molecule has 0 saturated heterocycles. The topological polar surface area (TPSA) is 146 Å². The third-order valence-corrected chi connectivity index (χ3v) is 17.4. The van der Waals surface area contributed by atoms with E-state index in [-0.39, 0.29) is 24.4 Å². The highest BCUT2D eigenvalue weighted by atomic mass is 32.2. The maximum Gasteiger partial charge on any atom is 0.171 e. The minimum atomic E-state index is -0.164. The van der Waals surface area contributed by atoms with Crippen molar-refractivity contribution in [2.75, 3.05) is 0 Å². The first-order valence-electron chi connectivity index (χ1n) is 26.9. The van der Waals surface area contributed by atoms with E-state index in [9.17, 15) is 0 Å². The van der Waals surface area contributed by atoms with E-state index in [0.29, 0.717) is 113 Å². The zero-order valence-electron chi connectivity index (χ0n) is 45.9. The van der Waals surface area contributed by atoms with Gasteiger partial charge < -0.3 is 28.9 Å². The highest BCUT2D eigenvalue weighted by molar-refractivity contribution is 8.13. The molecule has 12 nitrogen and oxygen atoms in total. The third-order valence-electron chi connectivity index (χ3n) is 12.6. The number of H-pyrrole nitrogens is 2. The van der Waals surface area contributed by atoms with Gasteiger partial charge in [0.15, 0.2) is 23.3 Å². The Labute approximate surface area is 483 Å². The van der Waals surface area contributed by atoms with Crippen molar-refractivity contribution in [2.45, 2.75) is 103 Å². The summed E-state index contributed by atoms with van der Waals surface area (Å²) >= 11 is 6.74. The van der Waals surface area contributed by atoms with Crippen LogP contribution in [0.2, 0.25) is 0 Å². The number of benzene rings is 6. The maximum absolute atomic E-state index is 6.69. The summed E-state index contributed by atoms with van der Waals surface area (Å²) in [4.78, 5) is 44.3. The van der Waals surface area contributed by atoms with Crippen LogP contribution in [0.15, 0.2) is 146 Å². The van der Waals surface area contributed by atoms with Gasteiger partial charge in [0.25, 0.3) is 0 Å². The monoisotopic (exact) mass is 1130 g/mol. The summed E-state index contributed by atoms with van der Waals surface area (Å²) in [6, 6.07) is 49.7. The lowest BCUT2D eigenvalue weighted by molar-refractivity contribution is 0.239. The lowest BCUT2D eigenvalue weighted by Crippen LogP contribution is -2.08. The lowest BCUT2D eigenvalue weighted by Gasteiger charge is -2.15. The van der Waals surface area contributed by atoms with Crippen LogP contribution in [-0.2, 0) is 23.0 Å². The number of hydrogen-bond donors (Lipinski definition) is 2. The number of ether oxygens (including phenoxy) is 4. The fourth-order valence-electron chi connectivity index (χ4n) is 9.26. The third kappa shape index (κ3) is 12.4. The van der Waals surface area contributed by atoms with E-state index in [2.05, 4.69) is 107 Å². The quantitative estimate of drug-likeness (QED) is 0.0746. The highest BCUT2D eigenvalue weighted by Gasteiger charge is 2.30. The molecule has 6 aromatic carbocycles. The van der Waals surface area contributed by atoms with E-state index >= 15 is 0 Å². The van der Waals surface area contributed by atoms with Crippen molar-refractivity contribution >= 4 is 111 Å². The Balaban J connectivity index is 1.30. The van der Waals surface area contributed by atoms with Crippen molar-refractivity contribution in [2.24, 2.45) is 0 Å². The predicted octanol–water partition coefficient (Wildman–Crippen LogP) is 16.7. The second kappa shape index (κ2) is 24.6. The molecule has 0 atom stereocenters. The van der Waals surface area contributed by atoms with Gasteiger partial charge in [0.05, 0.1) is 65.6 Å². The molecule has 0 radical (unpaired) electrons. The number of fused-ring (bicyclic) bond motifs is 14. The molecule has 406 valence electrons. The van der Waals surface area contributed by atoms with Crippen molar-refractivity contribution in [1.29, 1.82) is 0 Å². The normalized spacial score (nSPS) is 12.8. The summed E-state index contributed by atoms with van der Waals surface area (Å²) in [7, 11) is 0. The summed E-state index contributed by atoms with van der Waals surface area (Å²) in [6.45, 7) is 16.2. The Bertz CT molecular complexity index is 3430. The number of hydrogen-bond acceptors (Lipinski definition) is 14. The van der Waals surface area contributed by atoms with Crippen LogP contribution in [0.4, 0.5) is 0 Å². The first-order valence-corrected chi connectivity index (χ1v) is 30.9. The second-order valence-electron chi connectivity index (χ2n) is 20.3. The number of nitrogens with one attached hydrogen (secondary N) is 2. The van der Waals surface area contributed by atoms with Crippen LogP contribution < -0.4 is 18.9 Å². The van der Waals surface area contributed by atoms with E-state index in [1.54, 1.807) is 47.0 Å². The van der Waals surface area contributed by atoms with Crippen molar-refractivity contribution in [1.82, 2.24) is 39.9 Å². The van der Waals surface area contributed by atoms with Gasteiger partial charge in [-0.2, -0.15) is 0 Å². The van der Waals surface area contributed by atoms with Crippen LogP contribution in [0.1, 0.15) is 101 Å². The van der Waals surface area contributed by atoms with Gasteiger partial charge in [-0.1, -0.05) is 121 Å². The number of thioether (sulfide) groups is 4. The van der Waals surface area contributed by atoms with Crippen LogP contribution in [0, 0.1) is 0 Å². The van der Waals surface area contributed by atoms with Crippen molar-refractivity contribution in [3.05, 3.63) is 191 Å². The minimum Gasteiger partial charge on any atom is -0.490 e. The molecule has 2 N–H and O–H groups in total. The number of aromatic nitrogens is 8. The van der Waals surface area contributed by atoms with Crippen LogP contribution >= 0.6 is 47.0 Å². The van der Waals surface area contributed by atoms with Crippen LogP contribution in [0.3, 0.4) is 0 Å². The molecular weight excluding hydrogens is 1070 g/mol.